The van der Waals surface area contributed by atoms with E-state index in [4.69, 9.17) is 10.5 Å². The Labute approximate surface area is 238 Å². The van der Waals surface area contributed by atoms with Crippen LogP contribution in [0.5, 0.6) is 5.75 Å². The molecule has 4 aromatic rings. The molecule has 40 heavy (non-hydrogen) atoms. The van der Waals surface area contributed by atoms with Gasteiger partial charge in [0.15, 0.2) is 0 Å². The number of hydrogen-bond donors (Lipinski definition) is 3. The number of nitrogens with zero attached hydrogens (tertiary/aromatic N) is 1. The predicted octanol–water partition coefficient (Wildman–Crippen LogP) is 7.80. The van der Waals surface area contributed by atoms with Gasteiger partial charge in [0.25, 0.3) is 5.91 Å². The van der Waals surface area contributed by atoms with Gasteiger partial charge in [-0.25, -0.2) is 0 Å². The first kappa shape index (κ1) is 29.1. The molecule has 0 saturated carbocycles. The van der Waals surface area contributed by atoms with Gasteiger partial charge in [-0.05, 0) is 67.9 Å². The van der Waals surface area contributed by atoms with Crippen LogP contribution >= 0.6 is 0 Å². The average molecular weight is 539 g/mol. The molecule has 3 aromatic carbocycles. The van der Waals surface area contributed by atoms with Gasteiger partial charge in [0, 0.05) is 40.1 Å². The number of amides is 1. The van der Waals surface area contributed by atoms with Gasteiger partial charge in [-0.1, -0.05) is 75.8 Å². The van der Waals surface area contributed by atoms with E-state index in [1.165, 1.54) is 50.5 Å². The molecule has 4 rings (SSSR count). The van der Waals surface area contributed by atoms with Crippen molar-refractivity contribution in [1.82, 2.24) is 10.3 Å². The van der Waals surface area contributed by atoms with Crippen molar-refractivity contribution in [1.29, 1.82) is 0 Å². The van der Waals surface area contributed by atoms with Crippen LogP contribution in [-0.2, 0) is 13.2 Å². The minimum absolute atomic E-state index is 0.195. The van der Waals surface area contributed by atoms with Crippen LogP contribution in [0.4, 0.5) is 11.4 Å². The summed E-state index contributed by atoms with van der Waals surface area (Å²) in [6.45, 7) is 6.37. The van der Waals surface area contributed by atoms with E-state index in [0.717, 1.165) is 41.0 Å². The topological polar surface area (TPSA) is 89.3 Å². The number of aromatic nitrogens is 1. The molecule has 210 valence electrons. The van der Waals surface area contributed by atoms with Gasteiger partial charge in [-0.3, -0.25) is 9.78 Å². The summed E-state index contributed by atoms with van der Waals surface area (Å²) < 4.78 is 6.05. The number of unbranched alkanes of at least 4 members (excludes halogenated alkanes) is 6. The monoisotopic (exact) mass is 538 g/mol. The van der Waals surface area contributed by atoms with E-state index in [1.54, 1.807) is 0 Å². The van der Waals surface area contributed by atoms with Crippen LogP contribution in [0.2, 0.25) is 0 Å². The highest BCUT2D eigenvalue weighted by atomic mass is 16.5. The summed E-state index contributed by atoms with van der Waals surface area (Å²) in [5, 5.41) is 7.35. The van der Waals surface area contributed by atoms with Gasteiger partial charge in [0.1, 0.15) is 12.4 Å². The van der Waals surface area contributed by atoms with Crippen LogP contribution in [0.15, 0.2) is 72.8 Å². The average Bonchev–Trinajstić information content (AvgIpc) is 2.96. The minimum Gasteiger partial charge on any atom is -0.489 e. The zero-order valence-corrected chi connectivity index (χ0v) is 23.8. The van der Waals surface area contributed by atoms with Crippen molar-refractivity contribution < 1.29 is 9.53 Å². The second-order valence-corrected chi connectivity index (χ2v) is 10.4. The van der Waals surface area contributed by atoms with Crippen LogP contribution < -0.4 is 21.1 Å². The summed E-state index contributed by atoms with van der Waals surface area (Å²) >= 11 is 0. The van der Waals surface area contributed by atoms with E-state index in [-0.39, 0.29) is 5.91 Å². The lowest BCUT2D eigenvalue weighted by Gasteiger charge is -2.13. The van der Waals surface area contributed by atoms with Crippen molar-refractivity contribution in [2.24, 2.45) is 0 Å². The number of ether oxygens (including phenoxy) is 1. The first-order valence-corrected chi connectivity index (χ1v) is 14.5. The fourth-order valence-electron chi connectivity index (χ4n) is 4.84. The summed E-state index contributed by atoms with van der Waals surface area (Å²) in [6, 6.07) is 23.1. The fourth-order valence-corrected chi connectivity index (χ4v) is 4.84. The summed E-state index contributed by atoms with van der Waals surface area (Å²) in [5.74, 6) is 0.582. The van der Waals surface area contributed by atoms with E-state index < -0.39 is 0 Å². The highest BCUT2D eigenvalue weighted by Gasteiger charge is 2.13. The number of carbonyl (C=O) groups is 1. The van der Waals surface area contributed by atoms with E-state index in [2.05, 4.69) is 34.7 Å². The second kappa shape index (κ2) is 15.0. The number of rotatable bonds is 15. The van der Waals surface area contributed by atoms with Crippen molar-refractivity contribution in [2.45, 2.75) is 71.9 Å². The summed E-state index contributed by atoms with van der Waals surface area (Å²) in [5.41, 5.74) is 11.8. The van der Waals surface area contributed by atoms with Gasteiger partial charge in [0.2, 0.25) is 0 Å². The Bertz CT molecular complexity index is 1380. The van der Waals surface area contributed by atoms with Crippen LogP contribution in [-0.4, -0.2) is 17.4 Å². The first-order chi connectivity index (χ1) is 19.5. The maximum Gasteiger partial charge on any atom is 0.256 e. The molecule has 0 unspecified atom stereocenters. The lowest BCUT2D eigenvalue weighted by Crippen LogP contribution is -2.15. The molecule has 0 radical (unpaired) electrons. The first-order valence-electron chi connectivity index (χ1n) is 14.5. The fraction of sp³-hybridized carbons (Fsp3) is 0.353. The molecular weight excluding hydrogens is 496 g/mol. The van der Waals surface area contributed by atoms with E-state index in [0.29, 0.717) is 23.5 Å². The molecule has 1 amide bonds. The number of nitrogen functional groups attached to an aromatic ring is 1. The smallest absolute Gasteiger partial charge is 0.256 e. The lowest BCUT2D eigenvalue weighted by atomic mass is 10.1. The maximum absolute atomic E-state index is 13.2. The van der Waals surface area contributed by atoms with Crippen molar-refractivity contribution in [3.8, 4) is 5.75 Å². The number of hydrogen-bond acceptors (Lipinski definition) is 5. The molecule has 6 nitrogen and oxygen atoms in total. The summed E-state index contributed by atoms with van der Waals surface area (Å²) in [4.78, 5) is 17.7. The van der Waals surface area contributed by atoms with Gasteiger partial charge in [-0.2, -0.15) is 0 Å². The summed E-state index contributed by atoms with van der Waals surface area (Å²) in [7, 11) is 0. The van der Waals surface area contributed by atoms with Crippen LogP contribution in [0.25, 0.3) is 10.9 Å². The number of nitrogens with two attached hydrogens (primary N) is 1. The highest BCUT2D eigenvalue weighted by Crippen LogP contribution is 2.25. The molecule has 0 aliphatic carbocycles. The highest BCUT2D eigenvalue weighted by molar-refractivity contribution is 6.06. The van der Waals surface area contributed by atoms with Gasteiger partial charge >= 0.3 is 0 Å². The number of nitrogens with one attached hydrogen (secondary N) is 2. The Balaban J connectivity index is 1.26. The molecule has 0 aliphatic heterocycles. The number of carbonyl (C=O) groups excluding carboxylic acids is 1. The van der Waals surface area contributed by atoms with E-state index >= 15 is 0 Å². The second-order valence-electron chi connectivity index (χ2n) is 10.4. The number of benzene rings is 3. The van der Waals surface area contributed by atoms with E-state index in [9.17, 15) is 4.79 Å². The number of fused-ring (bicyclic) bond motifs is 1. The molecule has 0 bridgehead atoms. The Morgan fingerprint density at radius 3 is 2.45 bits per heavy atom. The third-order valence-electron chi connectivity index (χ3n) is 7.09. The Morgan fingerprint density at radius 1 is 0.900 bits per heavy atom. The Kier molecular flexibility index (Phi) is 10.9. The molecule has 0 spiro atoms. The Hall–Kier alpha value is -3.90. The SMILES string of the molecule is CCCCCCCCCNCc1ccc(OCc2ccccc2C(=O)Nc2ccc3nc(C)cc(N)c3c2)cc1. The maximum atomic E-state index is 13.2. The van der Waals surface area contributed by atoms with Crippen LogP contribution in [0.1, 0.15) is 79.0 Å². The van der Waals surface area contributed by atoms with Crippen molar-refractivity contribution >= 4 is 28.2 Å². The molecule has 4 N–H and O–H groups in total. The largest absolute Gasteiger partial charge is 0.489 e. The van der Waals surface area contributed by atoms with E-state index in [1.807, 2.05) is 67.6 Å². The third kappa shape index (κ3) is 8.55. The molecule has 0 saturated heterocycles. The normalized spacial score (nSPS) is 11.1. The molecule has 0 aliphatic rings. The summed E-state index contributed by atoms with van der Waals surface area (Å²) in [6.07, 6.45) is 9.27. The standard InChI is InChI=1S/C34H42N4O2/c1-3-4-5-6-7-8-11-20-36-23-26-14-17-29(18-15-26)40-24-27-12-9-10-13-30(27)34(39)38-28-16-19-33-31(22-28)32(35)21-25(2)37-33/h9-10,12-19,21-22,36H,3-8,11,20,23-24H2,1-2H3,(H2,35,37)(H,38,39). The molecular formula is C34H42N4O2. The number of pyridine rings is 1. The van der Waals surface area contributed by atoms with Crippen molar-refractivity contribution in [3.63, 3.8) is 0 Å². The quantitative estimate of drug-likeness (QED) is 0.134. The third-order valence-corrected chi connectivity index (χ3v) is 7.09. The zero-order valence-electron chi connectivity index (χ0n) is 23.8. The Morgan fingerprint density at radius 2 is 1.65 bits per heavy atom. The van der Waals surface area contributed by atoms with Crippen molar-refractivity contribution in [3.05, 3.63) is 95.2 Å². The van der Waals surface area contributed by atoms with Crippen molar-refractivity contribution in [2.75, 3.05) is 17.6 Å². The molecule has 0 fully saturated rings. The number of aryl methyl sites for hydroxylation is 1. The molecule has 6 heteroatoms. The van der Waals surface area contributed by atoms with Gasteiger partial charge < -0.3 is 21.1 Å². The predicted molar refractivity (Wildman–Crippen MR) is 166 cm³/mol. The van der Waals surface area contributed by atoms with Gasteiger partial charge in [0.05, 0.1) is 5.52 Å². The lowest BCUT2D eigenvalue weighted by molar-refractivity contribution is 0.102. The zero-order chi connectivity index (χ0) is 28.2. The molecule has 1 aromatic heterocycles. The number of anilines is 2. The molecule has 0 atom stereocenters. The molecule has 1 heterocycles. The van der Waals surface area contributed by atoms with Crippen LogP contribution in [0.3, 0.4) is 0 Å². The minimum atomic E-state index is -0.195. The van der Waals surface area contributed by atoms with Crippen LogP contribution in [0, 0.1) is 6.92 Å². The van der Waals surface area contributed by atoms with Gasteiger partial charge in [-0.15, -0.1) is 0 Å².